The van der Waals surface area contributed by atoms with Crippen molar-refractivity contribution in [3.05, 3.63) is 67.6 Å². The number of halogens is 2. The largest absolute Gasteiger partial charge is 0.444 e. The van der Waals surface area contributed by atoms with Gasteiger partial charge >= 0.3 is 0 Å². The highest BCUT2D eigenvalue weighted by Gasteiger charge is 2.60. The summed E-state index contributed by atoms with van der Waals surface area (Å²) in [6.45, 7) is 0. The second kappa shape index (κ2) is 3.93. The quantitative estimate of drug-likeness (QED) is 0.534. The van der Waals surface area contributed by atoms with Gasteiger partial charge in [0.05, 0.1) is 0 Å². The van der Waals surface area contributed by atoms with Crippen LogP contribution in [0.4, 0.5) is 0 Å². The number of allylic oxidation sites excluding steroid dienone is 2. The standard InChI is InChI=1S/C19H10Br2O2/c20-9-1-3-17-13(5-9)11-7-15(11)19(22-17)16-8-12(16)14-6-10(21)2-4-18(14)23-19/h1-6H,7-8H2. The molecule has 0 aromatic heterocycles. The van der Waals surface area contributed by atoms with E-state index in [0.717, 1.165) is 33.3 Å². The molecule has 6 rings (SSSR count). The molecule has 1 spiro atoms. The van der Waals surface area contributed by atoms with Crippen LogP contribution in [0.25, 0.3) is 11.1 Å². The van der Waals surface area contributed by atoms with Gasteiger partial charge in [-0.3, -0.25) is 0 Å². The van der Waals surface area contributed by atoms with Crippen molar-refractivity contribution in [1.82, 2.24) is 0 Å². The Balaban J connectivity index is 1.54. The summed E-state index contributed by atoms with van der Waals surface area (Å²) in [7, 11) is 0. The van der Waals surface area contributed by atoms with Gasteiger partial charge in [-0.25, -0.2) is 0 Å². The van der Waals surface area contributed by atoms with Crippen molar-refractivity contribution in [3.8, 4) is 11.5 Å². The molecule has 4 heteroatoms. The number of hydrogen-bond donors (Lipinski definition) is 0. The second-order valence-electron chi connectivity index (χ2n) is 6.37. The maximum absolute atomic E-state index is 6.44. The summed E-state index contributed by atoms with van der Waals surface area (Å²) in [5.74, 6) is 1.17. The van der Waals surface area contributed by atoms with Crippen LogP contribution in [0.5, 0.6) is 11.5 Å². The molecule has 0 amide bonds. The van der Waals surface area contributed by atoms with Gasteiger partial charge in [-0.1, -0.05) is 31.9 Å². The van der Waals surface area contributed by atoms with Gasteiger partial charge in [0.25, 0.3) is 5.79 Å². The van der Waals surface area contributed by atoms with Crippen LogP contribution in [-0.2, 0) is 0 Å². The van der Waals surface area contributed by atoms with Crippen molar-refractivity contribution >= 4 is 43.0 Å². The first-order valence-electron chi connectivity index (χ1n) is 7.58. The van der Waals surface area contributed by atoms with Crippen LogP contribution in [0.2, 0.25) is 0 Å². The summed E-state index contributed by atoms with van der Waals surface area (Å²) in [6.07, 6.45) is 1.96. The Kier molecular flexibility index (Phi) is 2.19. The Labute approximate surface area is 150 Å². The van der Waals surface area contributed by atoms with Crippen LogP contribution in [0.3, 0.4) is 0 Å². The third-order valence-electron chi connectivity index (χ3n) is 5.02. The number of benzene rings is 2. The van der Waals surface area contributed by atoms with Gasteiger partial charge in [-0.05, 0) is 47.5 Å². The van der Waals surface area contributed by atoms with E-state index in [1.54, 1.807) is 0 Å². The lowest BCUT2D eigenvalue weighted by atomic mass is 10.0. The van der Waals surface area contributed by atoms with Crippen molar-refractivity contribution < 1.29 is 9.47 Å². The van der Waals surface area contributed by atoms with E-state index in [0.29, 0.717) is 0 Å². The van der Waals surface area contributed by atoms with Gasteiger partial charge in [0.2, 0.25) is 0 Å². The molecule has 112 valence electrons. The Morgan fingerprint density at radius 2 is 1.22 bits per heavy atom. The molecule has 4 aliphatic rings. The van der Waals surface area contributed by atoms with Gasteiger partial charge in [-0.15, -0.1) is 0 Å². The average Bonchev–Trinajstić information content (AvgIpc) is 3.42. The van der Waals surface area contributed by atoms with Crippen LogP contribution in [0.15, 0.2) is 56.5 Å². The molecule has 2 aliphatic carbocycles. The van der Waals surface area contributed by atoms with Crippen LogP contribution in [0.1, 0.15) is 24.0 Å². The van der Waals surface area contributed by atoms with E-state index < -0.39 is 5.79 Å². The zero-order valence-corrected chi connectivity index (χ0v) is 15.1. The third-order valence-corrected chi connectivity index (χ3v) is 6.01. The first-order valence-corrected chi connectivity index (χ1v) is 9.17. The van der Waals surface area contributed by atoms with Crippen molar-refractivity contribution in [1.29, 1.82) is 0 Å². The highest BCUT2D eigenvalue weighted by Crippen LogP contribution is 2.65. The molecule has 0 fully saturated rings. The van der Waals surface area contributed by atoms with Crippen molar-refractivity contribution in [2.24, 2.45) is 0 Å². The van der Waals surface area contributed by atoms with Crippen LogP contribution in [-0.4, -0.2) is 5.79 Å². The molecular formula is C19H10Br2O2. The molecule has 0 unspecified atom stereocenters. The summed E-state index contributed by atoms with van der Waals surface area (Å²) < 4.78 is 15.0. The highest BCUT2D eigenvalue weighted by molar-refractivity contribution is 9.10. The van der Waals surface area contributed by atoms with Crippen molar-refractivity contribution in [3.63, 3.8) is 0 Å². The number of ether oxygens (including phenoxy) is 2. The van der Waals surface area contributed by atoms with Gasteiger partial charge < -0.3 is 9.47 Å². The molecule has 2 nitrogen and oxygen atoms in total. The lowest BCUT2D eigenvalue weighted by Gasteiger charge is -2.35. The molecule has 0 atom stereocenters. The van der Waals surface area contributed by atoms with Gasteiger partial charge in [-0.2, -0.15) is 0 Å². The summed E-state index contributed by atoms with van der Waals surface area (Å²) in [6, 6.07) is 12.4. The Bertz CT molecular complexity index is 919. The van der Waals surface area contributed by atoms with Crippen LogP contribution < -0.4 is 9.47 Å². The normalized spacial score (nSPS) is 21.0. The van der Waals surface area contributed by atoms with E-state index in [4.69, 9.17) is 9.47 Å². The third kappa shape index (κ3) is 1.58. The Morgan fingerprint density at radius 1 is 0.739 bits per heavy atom. The minimum atomic E-state index is -0.674. The fourth-order valence-corrected chi connectivity index (χ4v) is 4.55. The summed E-state index contributed by atoms with van der Waals surface area (Å²) >= 11 is 7.10. The molecule has 0 radical (unpaired) electrons. The molecule has 0 saturated carbocycles. The number of hydrogen-bond acceptors (Lipinski definition) is 2. The van der Waals surface area contributed by atoms with Gasteiger partial charge in [0.1, 0.15) is 11.5 Å². The minimum Gasteiger partial charge on any atom is -0.444 e. The number of rotatable bonds is 0. The smallest absolute Gasteiger partial charge is 0.299 e. The molecule has 0 N–H and O–H groups in total. The van der Waals surface area contributed by atoms with E-state index >= 15 is 0 Å². The van der Waals surface area contributed by atoms with Crippen LogP contribution >= 0.6 is 31.9 Å². The topological polar surface area (TPSA) is 18.5 Å². The van der Waals surface area contributed by atoms with Crippen LogP contribution in [0, 0.1) is 0 Å². The van der Waals surface area contributed by atoms with E-state index in [1.165, 1.54) is 33.4 Å². The fraction of sp³-hybridized carbons (Fsp3) is 0.158. The highest BCUT2D eigenvalue weighted by atomic mass is 79.9. The predicted octanol–water partition coefficient (Wildman–Crippen LogP) is 5.71. The molecule has 23 heavy (non-hydrogen) atoms. The van der Waals surface area contributed by atoms with Gasteiger partial charge in [0, 0.05) is 44.1 Å². The van der Waals surface area contributed by atoms with E-state index in [2.05, 4.69) is 44.0 Å². The predicted molar refractivity (Wildman–Crippen MR) is 95.3 cm³/mol. The second-order valence-corrected chi connectivity index (χ2v) is 8.20. The summed E-state index contributed by atoms with van der Waals surface area (Å²) in [4.78, 5) is 0. The number of fused-ring (bicyclic) bond motifs is 6. The maximum atomic E-state index is 6.44. The molecule has 2 aromatic rings. The van der Waals surface area contributed by atoms with Gasteiger partial charge in [0.15, 0.2) is 0 Å². The van der Waals surface area contributed by atoms with E-state index in [-0.39, 0.29) is 0 Å². The molecule has 2 aromatic carbocycles. The summed E-state index contributed by atoms with van der Waals surface area (Å²) in [5, 5.41) is 0. The molecular weight excluding hydrogens is 420 g/mol. The molecule has 2 heterocycles. The maximum Gasteiger partial charge on any atom is 0.299 e. The van der Waals surface area contributed by atoms with Crippen molar-refractivity contribution in [2.45, 2.75) is 18.6 Å². The monoisotopic (exact) mass is 428 g/mol. The average molecular weight is 430 g/mol. The molecule has 2 aliphatic heterocycles. The fourth-order valence-electron chi connectivity index (χ4n) is 3.82. The first kappa shape index (κ1) is 12.8. The molecule has 0 bridgehead atoms. The van der Waals surface area contributed by atoms with Crippen molar-refractivity contribution in [2.75, 3.05) is 0 Å². The first-order chi connectivity index (χ1) is 11.2. The zero-order chi connectivity index (χ0) is 15.3. The van der Waals surface area contributed by atoms with E-state index in [9.17, 15) is 0 Å². The molecule has 0 saturated heterocycles. The SMILES string of the molecule is Brc1ccc2c(c1)C1=C(C1)C1(O2)Oc2ccc(Br)cc2C2=C1C2. The minimum absolute atomic E-state index is 0.674. The lowest BCUT2D eigenvalue weighted by Crippen LogP contribution is -2.43. The summed E-state index contributed by atoms with van der Waals surface area (Å²) in [5.41, 5.74) is 7.75. The Morgan fingerprint density at radius 3 is 1.70 bits per heavy atom. The van der Waals surface area contributed by atoms with E-state index in [1.807, 2.05) is 24.3 Å². The Hall–Kier alpha value is -1.52. The lowest BCUT2D eigenvalue weighted by molar-refractivity contribution is -0.0436. The zero-order valence-electron chi connectivity index (χ0n) is 12.0.